The van der Waals surface area contributed by atoms with E-state index in [1.165, 1.54) is 0 Å². The van der Waals surface area contributed by atoms with Gasteiger partial charge in [-0.1, -0.05) is 23.7 Å². The summed E-state index contributed by atoms with van der Waals surface area (Å²) in [5.41, 5.74) is 0.954. The maximum atomic E-state index is 12.3. The first-order valence-corrected chi connectivity index (χ1v) is 9.35. The van der Waals surface area contributed by atoms with E-state index in [9.17, 15) is 9.59 Å². The van der Waals surface area contributed by atoms with Gasteiger partial charge in [-0.15, -0.1) is 0 Å². The first-order chi connectivity index (χ1) is 13.6. The zero-order valence-corrected chi connectivity index (χ0v) is 15.7. The number of aromatic nitrogens is 2. The van der Waals surface area contributed by atoms with Gasteiger partial charge in [0.2, 0.25) is 5.91 Å². The number of hydrogen-bond donors (Lipinski definition) is 2. The molecule has 0 saturated carbocycles. The van der Waals surface area contributed by atoms with Crippen LogP contribution >= 0.6 is 11.6 Å². The molecule has 1 amide bonds. The molecule has 1 aromatic heterocycles. The second-order valence-corrected chi connectivity index (χ2v) is 6.81. The number of anilines is 1. The lowest BCUT2D eigenvalue weighted by molar-refractivity contribution is -0.116. The summed E-state index contributed by atoms with van der Waals surface area (Å²) in [5.74, 6) is 1.51. The molecule has 4 rings (SSSR count). The second-order valence-electron chi connectivity index (χ2n) is 6.41. The van der Waals surface area contributed by atoms with Crippen LogP contribution in [0, 0.1) is 0 Å². The van der Waals surface area contributed by atoms with E-state index in [2.05, 4.69) is 15.3 Å². The molecule has 1 aliphatic rings. The minimum atomic E-state index is -0.179. The Morgan fingerprint density at radius 3 is 2.75 bits per heavy atom. The fourth-order valence-electron chi connectivity index (χ4n) is 3.04. The van der Waals surface area contributed by atoms with E-state index >= 15 is 0 Å². The highest BCUT2D eigenvalue weighted by Crippen LogP contribution is 2.38. The van der Waals surface area contributed by atoms with Crippen molar-refractivity contribution in [2.45, 2.75) is 19.3 Å². The Bertz CT molecular complexity index is 1100. The SMILES string of the molecule is O=C(CCCc1nc2ccccc2c(=O)[nH]1)Nc1cc2c(cc1Cl)OCCO2. The van der Waals surface area contributed by atoms with Crippen LogP contribution in [0.1, 0.15) is 18.7 Å². The summed E-state index contributed by atoms with van der Waals surface area (Å²) in [5, 5.41) is 3.73. The van der Waals surface area contributed by atoms with E-state index in [1.807, 2.05) is 6.07 Å². The van der Waals surface area contributed by atoms with Crippen molar-refractivity contribution in [3.8, 4) is 11.5 Å². The summed E-state index contributed by atoms with van der Waals surface area (Å²) in [7, 11) is 0. The Labute approximate surface area is 165 Å². The number of aryl methyl sites for hydroxylation is 1. The van der Waals surface area contributed by atoms with Crippen molar-refractivity contribution < 1.29 is 14.3 Å². The molecule has 8 heteroatoms. The lowest BCUT2D eigenvalue weighted by Gasteiger charge is -2.20. The number of aromatic amines is 1. The molecule has 0 aliphatic carbocycles. The Morgan fingerprint density at radius 2 is 1.93 bits per heavy atom. The Kier molecular flexibility index (Phi) is 5.16. The van der Waals surface area contributed by atoms with Crippen molar-refractivity contribution in [2.75, 3.05) is 18.5 Å². The number of para-hydroxylation sites is 1. The average molecular weight is 400 g/mol. The van der Waals surface area contributed by atoms with Gasteiger partial charge in [-0.3, -0.25) is 9.59 Å². The van der Waals surface area contributed by atoms with Gasteiger partial charge in [-0.25, -0.2) is 4.98 Å². The average Bonchev–Trinajstić information content (AvgIpc) is 2.69. The predicted molar refractivity (Wildman–Crippen MR) is 106 cm³/mol. The second kappa shape index (κ2) is 7.90. The van der Waals surface area contributed by atoms with Crippen LogP contribution < -0.4 is 20.3 Å². The van der Waals surface area contributed by atoms with E-state index in [0.29, 0.717) is 65.0 Å². The van der Waals surface area contributed by atoms with Crippen molar-refractivity contribution in [1.82, 2.24) is 9.97 Å². The number of carbonyl (C=O) groups excluding carboxylic acids is 1. The number of carbonyl (C=O) groups is 1. The summed E-state index contributed by atoms with van der Waals surface area (Å²) >= 11 is 6.21. The van der Waals surface area contributed by atoms with Gasteiger partial charge in [-0.2, -0.15) is 0 Å². The van der Waals surface area contributed by atoms with Crippen LogP contribution in [0.3, 0.4) is 0 Å². The molecule has 0 spiro atoms. The summed E-state index contributed by atoms with van der Waals surface area (Å²) in [4.78, 5) is 31.6. The number of amides is 1. The summed E-state index contributed by atoms with van der Waals surface area (Å²) in [6, 6.07) is 10.5. The molecule has 2 aromatic carbocycles. The maximum Gasteiger partial charge on any atom is 0.258 e. The van der Waals surface area contributed by atoms with E-state index in [-0.39, 0.29) is 17.9 Å². The molecule has 0 unspecified atom stereocenters. The number of nitrogens with zero attached hydrogens (tertiary/aromatic N) is 1. The minimum Gasteiger partial charge on any atom is -0.486 e. The first-order valence-electron chi connectivity index (χ1n) is 8.97. The highest BCUT2D eigenvalue weighted by Gasteiger charge is 2.16. The molecular weight excluding hydrogens is 382 g/mol. The molecule has 2 N–H and O–H groups in total. The van der Waals surface area contributed by atoms with Gasteiger partial charge in [0.15, 0.2) is 11.5 Å². The van der Waals surface area contributed by atoms with E-state index in [0.717, 1.165) is 0 Å². The fourth-order valence-corrected chi connectivity index (χ4v) is 3.24. The van der Waals surface area contributed by atoms with Crippen LogP contribution in [0.15, 0.2) is 41.2 Å². The third kappa shape index (κ3) is 3.94. The Hall–Kier alpha value is -3.06. The third-order valence-electron chi connectivity index (χ3n) is 4.39. The molecule has 0 saturated heterocycles. The lowest BCUT2D eigenvalue weighted by atomic mass is 10.2. The number of halogens is 1. The molecule has 3 aromatic rings. The molecule has 0 radical (unpaired) electrons. The maximum absolute atomic E-state index is 12.3. The van der Waals surface area contributed by atoms with Gasteiger partial charge in [0.05, 0.1) is 21.6 Å². The number of nitrogens with one attached hydrogen (secondary N) is 2. The van der Waals surface area contributed by atoms with Crippen LogP contribution in [0.2, 0.25) is 5.02 Å². The van der Waals surface area contributed by atoms with Crippen LogP contribution in [-0.4, -0.2) is 29.1 Å². The minimum absolute atomic E-state index is 0.173. The number of fused-ring (bicyclic) bond motifs is 2. The van der Waals surface area contributed by atoms with E-state index < -0.39 is 0 Å². The van der Waals surface area contributed by atoms with E-state index in [1.54, 1.807) is 30.3 Å². The van der Waals surface area contributed by atoms with Crippen LogP contribution in [-0.2, 0) is 11.2 Å². The Balaban J connectivity index is 1.37. The summed E-state index contributed by atoms with van der Waals surface area (Å²) in [6.45, 7) is 0.929. The monoisotopic (exact) mass is 399 g/mol. The molecule has 1 aliphatic heterocycles. The van der Waals surface area contributed by atoms with E-state index in [4.69, 9.17) is 21.1 Å². The molecule has 28 heavy (non-hydrogen) atoms. The summed E-state index contributed by atoms with van der Waals surface area (Å²) in [6.07, 6.45) is 1.29. The number of H-pyrrole nitrogens is 1. The lowest BCUT2D eigenvalue weighted by Crippen LogP contribution is -2.17. The first kappa shape index (κ1) is 18.3. The highest BCUT2D eigenvalue weighted by molar-refractivity contribution is 6.34. The molecule has 0 atom stereocenters. The van der Waals surface area contributed by atoms with Gasteiger partial charge in [0, 0.05) is 25.0 Å². The quantitative estimate of drug-likeness (QED) is 0.686. The van der Waals surface area contributed by atoms with Gasteiger partial charge < -0.3 is 19.8 Å². The molecular formula is C20H18ClN3O4. The number of rotatable bonds is 5. The van der Waals surface area contributed by atoms with Crippen molar-refractivity contribution in [3.63, 3.8) is 0 Å². The zero-order chi connectivity index (χ0) is 19.5. The van der Waals surface area contributed by atoms with Crippen molar-refractivity contribution >= 4 is 34.1 Å². The zero-order valence-electron chi connectivity index (χ0n) is 15.0. The predicted octanol–water partition coefficient (Wildman–Crippen LogP) is 3.31. The largest absolute Gasteiger partial charge is 0.486 e. The smallest absolute Gasteiger partial charge is 0.258 e. The molecule has 144 valence electrons. The fraction of sp³-hybridized carbons (Fsp3) is 0.250. The topological polar surface area (TPSA) is 93.3 Å². The number of benzene rings is 2. The standard InChI is InChI=1S/C20H18ClN3O4/c21-13-10-16-17(28-9-8-27-16)11-15(13)23-19(25)7-3-6-18-22-14-5-2-1-4-12(14)20(26)24-18/h1-2,4-5,10-11H,3,6-9H2,(H,23,25)(H,22,24,26). The highest BCUT2D eigenvalue weighted by atomic mass is 35.5. The Morgan fingerprint density at radius 1 is 1.18 bits per heavy atom. The van der Waals surface area contributed by atoms with Crippen molar-refractivity contribution in [1.29, 1.82) is 0 Å². The molecule has 0 bridgehead atoms. The van der Waals surface area contributed by atoms with Crippen LogP contribution in [0.5, 0.6) is 11.5 Å². The molecule has 7 nitrogen and oxygen atoms in total. The third-order valence-corrected chi connectivity index (χ3v) is 4.70. The van der Waals surface area contributed by atoms with Crippen molar-refractivity contribution in [3.05, 3.63) is 57.6 Å². The van der Waals surface area contributed by atoms with Crippen molar-refractivity contribution in [2.24, 2.45) is 0 Å². The molecule has 2 heterocycles. The van der Waals surface area contributed by atoms with Gasteiger partial charge in [0.25, 0.3) is 5.56 Å². The number of ether oxygens (including phenoxy) is 2. The van der Waals surface area contributed by atoms with Gasteiger partial charge in [-0.05, 0) is 18.6 Å². The summed E-state index contributed by atoms with van der Waals surface area (Å²) < 4.78 is 11.0. The molecule has 0 fully saturated rings. The van der Waals surface area contributed by atoms with Crippen LogP contribution in [0.4, 0.5) is 5.69 Å². The normalized spacial score (nSPS) is 12.8. The van der Waals surface area contributed by atoms with Gasteiger partial charge >= 0.3 is 0 Å². The van der Waals surface area contributed by atoms with Crippen LogP contribution in [0.25, 0.3) is 10.9 Å². The van der Waals surface area contributed by atoms with Gasteiger partial charge in [0.1, 0.15) is 19.0 Å². The number of hydrogen-bond acceptors (Lipinski definition) is 5.